The monoisotopic (exact) mass is 370 g/mol. The fourth-order valence-electron chi connectivity index (χ4n) is 3.66. The smallest absolute Gasteiger partial charge is 0.261 e. The third-order valence-corrected chi connectivity index (χ3v) is 6.59. The molecule has 1 aromatic heterocycles. The zero-order valence-electron chi connectivity index (χ0n) is 15.3. The summed E-state index contributed by atoms with van der Waals surface area (Å²) in [6.07, 6.45) is 3.51. The van der Waals surface area contributed by atoms with Crippen molar-refractivity contribution in [3.05, 3.63) is 40.8 Å². The number of likely N-dealkylation sites (tertiary alicyclic amines) is 1. The molecule has 1 N–H and O–H groups in total. The van der Waals surface area contributed by atoms with Crippen LogP contribution in [0, 0.1) is 5.92 Å². The molecule has 5 heteroatoms. The number of rotatable bonds is 5. The molecule has 1 aromatic carbocycles. The van der Waals surface area contributed by atoms with E-state index in [0.29, 0.717) is 0 Å². The summed E-state index contributed by atoms with van der Waals surface area (Å²) < 4.78 is 6.00. The molecule has 1 fully saturated rings. The van der Waals surface area contributed by atoms with Crippen LogP contribution in [0.3, 0.4) is 0 Å². The SMILES string of the molecule is CC1CCN(CCOc2cccc(-c3cc4c(s3)C(=O)NCC4)c2)CC1. The summed E-state index contributed by atoms with van der Waals surface area (Å²) in [5.74, 6) is 1.83. The molecule has 2 aromatic rings. The molecule has 4 nitrogen and oxygen atoms in total. The molecule has 0 atom stereocenters. The highest BCUT2D eigenvalue weighted by Gasteiger charge is 2.20. The zero-order valence-corrected chi connectivity index (χ0v) is 16.1. The van der Waals surface area contributed by atoms with Crippen LogP contribution in [0.25, 0.3) is 10.4 Å². The predicted octanol–water partition coefficient (Wildman–Crippen LogP) is 3.81. The molecule has 2 aliphatic rings. The first kappa shape index (κ1) is 17.6. The molecule has 0 bridgehead atoms. The minimum absolute atomic E-state index is 0.0609. The second kappa shape index (κ2) is 7.80. The Morgan fingerprint density at radius 2 is 2.12 bits per heavy atom. The van der Waals surface area contributed by atoms with Gasteiger partial charge in [-0.2, -0.15) is 0 Å². The lowest BCUT2D eigenvalue weighted by Crippen LogP contribution is -2.35. The van der Waals surface area contributed by atoms with Gasteiger partial charge in [-0.05, 0) is 67.6 Å². The van der Waals surface area contributed by atoms with Gasteiger partial charge in [0.2, 0.25) is 0 Å². The maximum absolute atomic E-state index is 12.0. The summed E-state index contributed by atoms with van der Waals surface area (Å²) in [7, 11) is 0. The van der Waals surface area contributed by atoms with Crippen molar-refractivity contribution in [2.45, 2.75) is 26.2 Å². The van der Waals surface area contributed by atoms with E-state index in [1.54, 1.807) is 11.3 Å². The van der Waals surface area contributed by atoms with E-state index in [9.17, 15) is 4.79 Å². The Kier molecular flexibility index (Phi) is 5.27. The third kappa shape index (κ3) is 3.94. The van der Waals surface area contributed by atoms with E-state index in [-0.39, 0.29) is 5.91 Å². The van der Waals surface area contributed by atoms with Crippen LogP contribution in [0.4, 0.5) is 0 Å². The van der Waals surface area contributed by atoms with Crippen LogP contribution in [0.15, 0.2) is 30.3 Å². The fourth-order valence-corrected chi connectivity index (χ4v) is 4.78. The van der Waals surface area contributed by atoms with Gasteiger partial charge < -0.3 is 10.1 Å². The fraction of sp³-hybridized carbons (Fsp3) is 0.476. The van der Waals surface area contributed by atoms with Crippen molar-refractivity contribution >= 4 is 17.2 Å². The minimum Gasteiger partial charge on any atom is -0.492 e. The van der Waals surface area contributed by atoms with Gasteiger partial charge in [0.05, 0.1) is 4.88 Å². The van der Waals surface area contributed by atoms with Crippen molar-refractivity contribution in [3.8, 4) is 16.2 Å². The molecule has 1 amide bonds. The van der Waals surface area contributed by atoms with Gasteiger partial charge in [0, 0.05) is 18.0 Å². The Bertz CT molecular complexity index is 778. The standard InChI is InChI=1S/C21H26N2O2S/c1-15-6-9-23(10-7-15)11-12-25-18-4-2-3-16(13-18)19-14-17-5-8-22-21(24)20(17)26-19/h2-4,13-15H,5-12H2,1H3,(H,22,24). The van der Waals surface area contributed by atoms with Crippen LogP contribution in [0.5, 0.6) is 5.75 Å². The molecular weight excluding hydrogens is 344 g/mol. The van der Waals surface area contributed by atoms with Crippen molar-refractivity contribution in [2.24, 2.45) is 5.92 Å². The summed E-state index contributed by atoms with van der Waals surface area (Å²) in [5.41, 5.74) is 2.29. The number of hydrogen-bond acceptors (Lipinski definition) is 4. The number of hydrogen-bond donors (Lipinski definition) is 1. The number of amides is 1. The molecule has 0 spiro atoms. The number of carbonyl (C=O) groups is 1. The Morgan fingerprint density at radius 1 is 1.27 bits per heavy atom. The lowest BCUT2D eigenvalue weighted by atomic mass is 9.99. The normalized spacial score (nSPS) is 18.4. The number of piperidine rings is 1. The molecule has 0 saturated carbocycles. The summed E-state index contributed by atoms with van der Waals surface area (Å²) in [6.45, 7) is 7.16. The van der Waals surface area contributed by atoms with Gasteiger partial charge in [-0.15, -0.1) is 11.3 Å². The van der Waals surface area contributed by atoms with Gasteiger partial charge in [0.15, 0.2) is 0 Å². The van der Waals surface area contributed by atoms with Gasteiger partial charge >= 0.3 is 0 Å². The molecule has 4 rings (SSSR count). The number of fused-ring (bicyclic) bond motifs is 1. The van der Waals surface area contributed by atoms with E-state index in [2.05, 4.69) is 35.3 Å². The highest BCUT2D eigenvalue weighted by atomic mass is 32.1. The van der Waals surface area contributed by atoms with E-state index in [1.807, 2.05) is 12.1 Å². The van der Waals surface area contributed by atoms with E-state index in [4.69, 9.17) is 4.74 Å². The van der Waals surface area contributed by atoms with Crippen molar-refractivity contribution in [2.75, 3.05) is 32.8 Å². The van der Waals surface area contributed by atoms with Crippen LogP contribution in [0.1, 0.15) is 35.0 Å². The number of nitrogens with one attached hydrogen (secondary N) is 1. The van der Waals surface area contributed by atoms with Gasteiger partial charge in [-0.25, -0.2) is 0 Å². The van der Waals surface area contributed by atoms with Crippen molar-refractivity contribution < 1.29 is 9.53 Å². The molecule has 0 radical (unpaired) electrons. The van der Waals surface area contributed by atoms with E-state index in [0.717, 1.165) is 53.1 Å². The number of benzene rings is 1. The Labute approximate surface area is 159 Å². The highest BCUT2D eigenvalue weighted by molar-refractivity contribution is 7.17. The number of carbonyl (C=O) groups excluding carboxylic acids is 1. The lowest BCUT2D eigenvalue weighted by molar-refractivity contribution is 0.0950. The predicted molar refractivity (Wildman–Crippen MR) is 106 cm³/mol. The first-order chi connectivity index (χ1) is 12.7. The van der Waals surface area contributed by atoms with Crippen LogP contribution >= 0.6 is 11.3 Å². The van der Waals surface area contributed by atoms with Crippen LogP contribution in [-0.4, -0.2) is 43.6 Å². The molecule has 0 aliphatic carbocycles. The van der Waals surface area contributed by atoms with E-state index >= 15 is 0 Å². The van der Waals surface area contributed by atoms with Crippen LogP contribution in [-0.2, 0) is 6.42 Å². The van der Waals surface area contributed by atoms with Crippen molar-refractivity contribution in [1.82, 2.24) is 10.2 Å². The topological polar surface area (TPSA) is 41.6 Å². The zero-order chi connectivity index (χ0) is 17.9. The number of thiophene rings is 1. The van der Waals surface area contributed by atoms with E-state index < -0.39 is 0 Å². The van der Waals surface area contributed by atoms with E-state index in [1.165, 1.54) is 31.5 Å². The molecular formula is C21H26N2O2S. The van der Waals surface area contributed by atoms with Gasteiger partial charge in [0.1, 0.15) is 12.4 Å². The molecule has 26 heavy (non-hydrogen) atoms. The second-order valence-corrected chi connectivity index (χ2v) is 8.42. The molecule has 2 aliphatic heterocycles. The second-order valence-electron chi connectivity index (χ2n) is 7.37. The van der Waals surface area contributed by atoms with Gasteiger partial charge in [-0.3, -0.25) is 9.69 Å². The van der Waals surface area contributed by atoms with Crippen molar-refractivity contribution in [3.63, 3.8) is 0 Å². The first-order valence-electron chi connectivity index (χ1n) is 9.55. The number of nitrogens with zero attached hydrogens (tertiary/aromatic N) is 1. The van der Waals surface area contributed by atoms with Crippen LogP contribution < -0.4 is 10.1 Å². The van der Waals surface area contributed by atoms with Gasteiger partial charge in [-0.1, -0.05) is 19.1 Å². The average molecular weight is 371 g/mol. The average Bonchev–Trinajstić information content (AvgIpc) is 3.10. The maximum Gasteiger partial charge on any atom is 0.261 e. The van der Waals surface area contributed by atoms with Gasteiger partial charge in [0.25, 0.3) is 5.91 Å². The Hall–Kier alpha value is -1.85. The van der Waals surface area contributed by atoms with Crippen LogP contribution in [0.2, 0.25) is 0 Å². The lowest BCUT2D eigenvalue weighted by Gasteiger charge is -2.29. The summed E-state index contributed by atoms with van der Waals surface area (Å²) in [6, 6.07) is 10.4. The maximum atomic E-state index is 12.0. The quantitative estimate of drug-likeness (QED) is 0.870. The first-order valence-corrected chi connectivity index (χ1v) is 10.4. The summed E-state index contributed by atoms with van der Waals surface area (Å²) in [5, 5.41) is 2.92. The summed E-state index contributed by atoms with van der Waals surface area (Å²) >= 11 is 1.58. The summed E-state index contributed by atoms with van der Waals surface area (Å²) in [4.78, 5) is 16.5. The molecule has 138 valence electrons. The molecule has 0 unspecified atom stereocenters. The number of ether oxygens (including phenoxy) is 1. The third-order valence-electron chi connectivity index (χ3n) is 5.37. The minimum atomic E-state index is 0.0609. The highest BCUT2D eigenvalue weighted by Crippen LogP contribution is 2.34. The Balaban J connectivity index is 1.38. The molecule has 1 saturated heterocycles. The largest absolute Gasteiger partial charge is 0.492 e. The van der Waals surface area contributed by atoms with Crippen molar-refractivity contribution in [1.29, 1.82) is 0 Å². The Morgan fingerprint density at radius 3 is 2.92 bits per heavy atom. The molecule has 3 heterocycles.